The second-order valence-electron chi connectivity index (χ2n) is 3.67. The van der Waals surface area contributed by atoms with Gasteiger partial charge in [-0.15, -0.1) is 0 Å². The molecule has 13 heavy (non-hydrogen) atoms. The Morgan fingerprint density at radius 2 is 2.15 bits per heavy atom. The van der Waals surface area contributed by atoms with Gasteiger partial charge in [-0.1, -0.05) is 6.92 Å². The van der Waals surface area contributed by atoms with Crippen molar-refractivity contribution in [1.29, 1.82) is 0 Å². The fourth-order valence-corrected chi connectivity index (χ4v) is 1.08. The van der Waals surface area contributed by atoms with Crippen molar-refractivity contribution < 1.29 is 9.53 Å². The Morgan fingerprint density at radius 3 is 2.54 bits per heavy atom. The van der Waals surface area contributed by atoms with Crippen LogP contribution in [0.5, 0.6) is 0 Å². The van der Waals surface area contributed by atoms with E-state index in [4.69, 9.17) is 16.2 Å². The fraction of sp³-hybridized carbons (Fsp3) is 0.889. The molecule has 2 unspecified atom stereocenters. The summed E-state index contributed by atoms with van der Waals surface area (Å²) in [4.78, 5) is 10.9. The third-order valence-corrected chi connectivity index (χ3v) is 1.88. The first-order valence-corrected chi connectivity index (χ1v) is 4.60. The Morgan fingerprint density at radius 1 is 1.62 bits per heavy atom. The average Bonchev–Trinajstić information content (AvgIpc) is 1.99. The van der Waals surface area contributed by atoms with E-state index < -0.39 is 11.4 Å². The number of rotatable bonds is 6. The second-order valence-corrected chi connectivity index (χ2v) is 3.67. The van der Waals surface area contributed by atoms with Crippen LogP contribution in [-0.2, 0) is 9.53 Å². The maximum atomic E-state index is 10.9. The van der Waals surface area contributed by atoms with Gasteiger partial charge in [-0.25, -0.2) is 0 Å². The number of hydrogen-bond acceptors (Lipinski definition) is 3. The highest BCUT2D eigenvalue weighted by atomic mass is 16.5. The van der Waals surface area contributed by atoms with E-state index in [9.17, 15) is 4.79 Å². The van der Waals surface area contributed by atoms with Crippen LogP contribution in [0.4, 0.5) is 0 Å². The van der Waals surface area contributed by atoms with Crippen LogP contribution in [-0.4, -0.2) is 24.2 Å². The Hall–Kier alpha value is -0.610. The van der Waals surface area contributed by atoms with Gasteiger partial charge < -0.3 is 16.2 Å². The largest absolute Gasteiger partial charge is 0.378 e. The number of carbonyl (C=O) groups is 1. The van der Waals surface area contributed by atoms with E-state index in [-0.39, 0.29) is 6.10 Å². The van der Waals surface area contributed by atoms with Crippen LogP contribution < -0.4 is 11.5 Å². The van der Waals surface area contributed by atoms with Crippen molar-refractivity contribution in [3.05, 3.63) is 0 Å². The minimum absolute atomic E-state index is 0.0255. The zero-order valence-electron chi connectivity index (χ0n) is 8.67. The van der Waals surface area contributed by atoms with Crippen molar-refractivity contribution >= 4 is 5.91 Å². The summed E-state index contributed by atoms with van der Waals surface area (Å²) in [6, 6.07) is 0. The molecule has 0 radical (unpaired) electrons. The molecule has 0 aromatic rings. The summed E-state index contributed by atoms with van der Waals surface area (Å²) >= 11 is 0. The minimum Gasteiger partial charge on any atom is -0.378 e. The topological polar surface area (TPSA) is 78.3 Å². The van der Waals surface area contributed by atoms with Gasteiger partial charge in [-0.05, 0) is 26.7 Å². The van der Waals surface area contributed by atoms with Crippen LogP contribution in [0.25, 0.3) is 0 Å². The molecule has 2 atom stereocenters. The fourth-order valence-electron chi connectivity index (χ4n) is 1.08. The average molecular weight is 188 g/mol. The number of nitrogens with two attached hydrogens (primary N) is 2. The molecule has 0 saturated heterocycles. The molecule has 4 N–H and O–H groups in total. The Kier molecular flexibility index (Phi) is 4.95. The van der Waals surface area contributed by atoms with Crippen molar-refractivity contribution in [2.24, 2.45) is 11.5 Å². The zero-order valence-corrected chi connectivity index (χ0v) is 8.67. The first-order chi connectivity index (χ1) is 5.90. The van der Waals surface area contributed by atoms with Crippen LogP contribution in [0.3, 0.4) is 0 Å². The molecule has 0 rings (SSSR count). The molecule has 78 valence electrons. The monoisotopic (exact) mass is 188 g/mol. The number of carbonyl (C=O) groups excluding carboxylic acids is 1. The molecule has 0 aliphatic heterocycles. The SMILES string of the molecule is CCCOC(C)CC(C)(N)C(N)=O. The van der Waals surface area contributed by atoms with E-state index in [1.54, 1.807) is 6.92 Å². The van der Waals surface area contributed by atoms with Gasteiger partial charge in [0.05, 0.1) is 11.6 Å². The molecule has 0 saturated carbocycles. The minimum atomic E-state index is -0.965. The van der Waals surface area contributed by atoms with E-state index in [1.165, 1.54) is 0 Å². The molecule has 0 spiro atoms. The lowest BCUT2D eigenvalue weighted by Gasteiger charge is -2.24. The van der Waals surface area contributed by atoms with Crippen molar-refractivity contribution in [1.82, 2.24) is 0 Å². The van der Waals surface area contributed by atoms with Crippen LogP contribution in [0.15, 0.2) is 0 Å². The highest BCUT2D eigenvalue weighted by Gasteiger charge is 2.27. The number of ether oxygens (including phenoxy) is 1. The summed E-state index contributed by atoms with van der Waals surface area (Å²) in [5.41, 5.74) is 9.84. The number of primary amides is 1. The van der Waals surface area contributed by atoms with Gasteiger partial charge >= 0.3 is 0 Å². The van der Waals surface area contributed by atoms with Crippen LogP contribution in [0.1, 0.15) is 33.6 Å². The zero-order chi connectivity index (χ0) is 10.5. The molecule has 0 aromatic heterocycles. The molecule has 1 amide bonds. The Labute approximate surface area is 79.6 Å². The molecule has 0 heterocycles. The highest BCUT2D eigenvalue weighted by molar-refractivity contribution is 5.83. The van der Waals surface area contributed by atoms with Crippen LogP contribution in [0, 0.1) is 0 Å². The van der Waals surface area contributed by atoms with Crippen molar-refractivity contribution in [3.8, 4) is 0 Å². The van der Waals surface area contributed by atoms with Crippen molar-refractivity contribution in [3.63, 3.8) is 0 Å². The van der Waals surface area contributed by atoms with E-state index in [0.717, 1.165) is 6.42 Å². The number of amides is 1. The molecule has 4 nitrogen and oxygen atoms in total. The summed E-state index contributed by atoms with van der Waals surface area (Å²) in [6.07, 6.45) is 1.40. The predicted molar refractivity (Wildman–Crippen MR) is 52.1 cm³/mol. The smallest absolute Gasteiger partial charge is 0.237 e. The van der Waals surface area contributed by atoms with Gasteiger partial charge in [0.25, 0.3) is 0 Å². The van der Waals surface area contributed by atoms with E-state index in [2.05, 4.69) is 0 Å². The third-order valence-electron chi connectivity index (χ3n) is 1.88. The van der Waals surface area contributed by atoms with Gasteiger partial charge in [0.1, 0.15) is 0 Å². The number of hydrogen-bond donors (Lipinski definition) is 2. The molecule has 4 heteroatoms. The molecule has 0 aromatic carbocycles. The van der Waals surface area contributed by atoms with Gasteiger partial charge in [-0.2, -0.15) is 0 Å². The quantitative estimate of drug-likeness (QED) is 0.633. The summed E-state index contributed by atoms with van der Waals surface area (Å²) in [5, 5.41) is 0. The standard InChI is InChI=1S/C9H20N2O2/c1-4-5-13-7(2)6-9(3,11)8(10)12/h7H,4-6,11H2,1-3H3,(H2,10,12). The van der Waals surface area contributed by atoms with E-state index in [0.29, 0.717) is 13.0 Å². The molecular formula is C9H20N2O2. The highest BCUT2D eigenvalue weighted by Crippen LogP contribution is 2.10. The molecule has 0 aliphatic carbocycles. The van der Waals surface area contributed by atoms with Crippen LogP contribution >= 0.6 is 0 Å². The lowest BCUT2D eigenvalue weighted by molar-refractivity contribution is -0.123. The first kappa shape index (κ1) is 12.4. The normalized spacial score (nSPS) is 17.8. The summed E-state index contributed by atoms with van der Waals surface area (Å²) < 4.78 is 5.39. The van der Waals surface area contributed by atoms with Gasteiger partial charge in [0.2, 0.25) is 5.91 Å². The summed E-state index contributed by atoms with van der Waals surface area (Å²) in [7, 11) is 0. The molecular weight excluding hydrogens is 168 g/mol. The lowest BCUT2D eigenvalue weighted by Crippen LogP contribution is -2.51. The third kappa shape index (κ3) is 4.85. The molecule has 0 fully saturated rings. The van der Waals surface area contributed by atoms with Crippen molar-refractivity contribution in [2.45, 2.75) is 45.3 Å². The first-order valence-electron chi connectivity index (χ1n) is 4.60. The Bertz CT molecular complexity index is 169. The van der Waals surface area contributed by atoms with Gasteiger partial charge in [-0.3, -0.25) is 4.79 Å². The van der Waals surface area contributed by atoms with Gasteiger partial charge in [0, 0.05) is 6.61 Å². The predicted octanol–water partition coefficient (Wildman–Crippen LogP) is 0.394. The van der Waals surface area contributed by atoms with Gasteiger partial charge in [0.15, 0.2) is 0 Å². The molecule has 0 bridgehead atoms. The maximum Gasteiger partial charge on any atom is 0.237 e. The lowest BCUT2D eigenvalue weighted by atomic mass is 9.95. The van der Waals surface area contributed by atoms with E-state index in [1.807, 2.05) is 13.8 Å². The second kappa shape index (κ2) is 5.19. The van der Waals surface area contributed by atoms with Crippen molar-refractivity contribution in [2.75, 3.05) is 6.61 Å². The Balaban J connectivity index is 3.89. The summed E-state index contributed by atoms with van der Waals surface area (Å²) in [5.74, 6) is -0.487. The van der Waals surface area contributed by atoms with Crippen LogP contribution in [0.2, 0.25) is 0 Å². The van der Waals surface area contributed by atoms with E-state index >= 15 is 0 Å². The summed E-state index contributed by atoms with van der Waals surface area (Å²) in [6.45, 7) is 6.24. The maximum absolute atomic E-state index is 10.9. The molecule has 0 aliphatic rings.